The maximum atomic E-state index is 12.4. The van der Waals surface area contributed by atoms with Crippen LogP contribution in [0.3, 0.4) is 0 Å². The number of amides is 1. The van der Waals surface area contributed by atoms with E-state index < -0.39 is 0 Å². The van der Waals surface area contributed by atoms with Crippen molar-refractivity contribution in [3.63, 3.8) is 0 Å². The molecule has 3 aromatic carbocycles. The molecule has 35 heavy (non-hydrogen) atoms. The molecule has 0 radical (unpaired) electrons. The number of anilines is 1. The molecule has 0 atom stereocenters. The molecule has 0 spiro atoms. The largest absolute Gasteiger partial charge is 0.439 e. The van der Waals surface area contributed by atoms with Gasteiger partial charge in [0.25, 0.3) is 0 Å². The average molecular weight is 487 g/mol. The molecule has 4 aromatic rings. The van der Waals surface area contributed by atoms with Gasteiger partial charge in [-0.2, -0.15) is 0 Å². The van der Waals surface area contributed by atoms with Crippen LogP contribution in [0.4, 0.5) is 5.69 Å². The van der Waals surface area contributed by atoms with Gasteiger partial charge in [0.05, 0.1) is 13.1 Å². The molecule has 7 heteroatoms. The predicted molar refractivity (Wildman–Crippen MR) is 139 cm³/mol. The topological polar surface area (TPSA) is 61.6 Å². The summed E-state index contributed by atoms with van der Waals surface area (Å²) in [6.45, 7) is 4.32. The highest BCUT2D eigenvalue weighted by Gasteiger charge is 2.22. The summed E-state index contributed by atoms with van der Waals surface area (Å²) in [5, 5.41) is 3.58. The molecular formula is C28H27ClN4O2. The van der Waals surface area contributed by atoms with Crippen molar-refractivity contribution in [3.8, 4) is 22.6 Å². The SMILES string of the molecule is O=C(CN1CCN(Cc2nc(-c3ccccc3)c(-c3ccccc3)o2)CC1)Nc1ccc(Cl)cc1. The third-order valence-electron chi connectivity index (χ3n) is 6.07. The number of nitrogens with zero attached hydrogens (tertiary/aromatic N) is 3. The molecule has 5 rings (SSSR count). The van der Waals surface area contributed by atoms with E-state index in [4.69, 9.17) is 21.0 Å². The van der Waals surface area contributed by atoms with Crippen molar-refractivity contribution < 1.29 is 9.21 Å². The van der Waals surface area contributed by atoms with E-state index in [9.17, 15) is 4.79 Å². The molecular weight excluding hydrogens is 460 g/mol. The van der Waals surface area contributed by atoms with E-state index in [-0.39, 0.29) is 5.91 Å². The van der Waals surface area contributed by atoms with Crippen LogP contribution in [0.1, 0.15) is 5.89 Å². The van der Waals surface area contributed by atoms with E-state index in [2.05, 4.69) is 27.2 Å². The fourth-order valence-electron chi connectivity index (χ4n) is 4.24. The summed E-state index contributed by atoms with van der Waals surface area (Å²) in [6, 6.07) is 27.4. The lowest BCUT2D eigenvalue weighted by Crippen LogP contribution is -2.48. The van der Waals surface area contributed by atoms with Gasteiger partial charge in [0.2, 0.25) is 11.8 Å². The normalized spacial score (nSPS) is 14.7. The Kier molecular flexibility index (Phi) is 7.23. The first-order valence-corrected chi connectivity index (χ1v) is 12.1. The van der Waals surface area contributed by atoms with E-state index >= 15 is 0 Å². The van der Waals surface area contributed by atoms with Crippen LogP contribution >= 0.6 is 11.6 Å². The van der Waals surface area contributed by atoms with E-state index in [1.54, 1.807) is 12.1 Å². The minimum Gasteiger partial charge on any atom is -0.439 e. The highest BCUT2D eigenvalue weighted by Crippen LogP contribution is 2.33. The lowest BCUT2D eigenvalue weighted by atomic mass is 10.1. The Morgan fingerprint density at radius 2 is 1.43 bits per heavy atom. The second-order valence-corrected chi connectivity index (χ2v) is 9.06. The first-order chi connectivity index (χ1) is 17.1. The van der Waals surface area contributed by atoms with Crippen LogP contribution in [-0.4, -0.2) is 53.4 Å². The molecule has 0 bridgehead atoms. The highest BCUT2D eigenvalue weighted by molar-refractivity contribution is 6.30. The summed E-state index contributed by atoms with van der Waals surface area (Å²) in [6.07, 6.45) is 0. The quantitative estimate of drug-likeness (QED) is 0.378. The summed E-state index contributed by atoms with van der Waals surface area (Å²) >= 11 is 5.91. The van der Waals surface area contributed by atoms with Gasteiger partial charge in [0.15, 0.2) is 5.76 Å². The van der Waals surface area contributed by atoms with Crippen LogP contribution in [0, 0.1) is 0 Å². The Morgan fingerprint density at radius 1 is 0.829 bits per heavy atom. The zero-order chi connectivity index (χ0) is 24.0. The molecule has 1 aliphatic heterocycles. The smallest absolute Gasteiger partial charge is 0.238 e. The monoisotopic (exact) mass is 486 g/mol. The number of hydrogen-bond donors (Lipinski definition) is 1. The summed E-state index contributed by atoms with van der Waals surface area (Å²) in [4.78, 5) is 21.8. The molecule has 1 aromatic heterocycles. The predicted octanol–water partition coefficient (Wildman–Crippen LogP) is 5.42. The number of nitrogens with one attached hydrogen (secondary N) is 1. The van der Waals surface area contributed by atoms with Gasteiger partial charge in [-0.1, -0.05) is 72.3 Å². The van der Waals surface area contributed by atoms with Gasteiger partial charge in [-0.3, -0.25) is 14.6 Å². The van der Waals surface area contributed by atoms with E-state index in [1.807, 2.05) is 60.7 Å². The van der Waals surface area contributed by atoms with E-state index in [0.29, 0.717) is 24.0 Å². The van der Waals surface area contributed by atoms with Crippen molar-refractivity contribution in [1.29, 1.82) is 0 Å². The molecule has 1 N–H and O–H groups in total. The molecule has 0 saturated carbocycles. The van der Waals surface area contributed by atoms with Gasteiger partial charge >= 0.3 is 0 Å². The Labute approximate surface area is 210 Å². The maximum Gasteiger partial charge on any atom is 0.238 e. The Hall–Kier alpha value is -3.45. The van der Waals surface area contributed by atoms with Crippen molar-refractivity contribution in [2.24, 2.45) is 0 Å². The van der Waals surface area contributed by atoms with Crippen molar-refractivity contribution in [2.75, 3.05) is 38.0 Å². The Balaban J connectivity index is 1.20. The van der Waals surface area contributed by atoms with Gasteiger partial charge in [-0.25, -0.2) is 4.98 Å². The van der Waals surface area contributed by atoms with Crippen LogP contribution in [0.25, 0.3) is 22.6 Å². The lowest BCUT2D eigenvalue weighted by Gasteiger charge is -2.33. The Bertz CT molecular complexity index is 1190. The van der Waals surface area contributed by atoms with E-state index in [1.165, 1.54) is 0 Å². The number of piperazine rings is 1. The standard InChI is InChI=1S/C28H27ClN4O2/c29-23-11-13-24(14-12-23)30-25(34)19-32-15-17-33(18-16-32)20-26-31-27(21-7-3-1-4-8-21)28(35-26)22-9-5-2-6-10-22/h1-14H,15-20H2,(H,30,34). The van der Waals surface area contributed by atoms with Gasteiger partial charge in [0.1, 0.15) is 5.69 Å². The number of carbonyl (C=O) groups is 1. The third-order valence-corrected chi connectivity index (χ3v) is 6.33. The zero-order valence-corrected chi connectivity index (χ0v) is 20.1. The van der Waals surface area contributed by atoms with Gasteiger partial charge in [-0.05, 0) is 24.3 Å². The zero-order valence-electron chi connectivity index (χ0n) is 19.4. The minimum atomic E-state index is -0.0199. The molecule has 178 valence electrons. The third kappa shape index (κ3) is 5.98. The second kappa shape index (κ2) is 10.9. The number of halogens is 1. The maximum absolute atomic E-state index is 12.4. The van der Waals surface area contributed by atoms with Crippen molar-refractivity contribution in [1.82, 2.24) is 14.8 Å². The van der Waals surface area contributed by atoms with Crippen LogP contribution < -0.4 is 5.32 Å². The fraction of sp³-hybridized carbons (Fsp3) is 0.214. The minimum absolute atomic E-state index is 0.0199. The summed E-state index contributed by atoms with van der Waals surface area (Å²) in [7, 11) is 0. The number of carbonyl (C=O) groups excluding carboxylic acids is 1. The van der Waals surface area contributed by atoms with Crippen LogP contribution in [-0.2, 0) is 11.3 Å². The Morgan fingerprint density at radius 3 is 2.09 bits per heavy atom. The number of rotatable bonds is 7. The lowest BCUT2D eigenvalue weighted by molar-refractivity contribution is -0.117. The van der Waals surface area contributed by atoms with Crippen molar-refractivity contribution in [2.45, 2.75) is 6.54 Å². The summed E-state index contributed by atoms with van der Waals surface area (Å²) in [5.41, 5.74) is 3.68. The first kappa shape index (κ1) is 23.3. The fourth-order valence-corrected chi connectivity index (χ4v) is 4.37. The number of hydrogen-bond acceptors (Lipinski definition) is 5. The molecule has 2 heterocycles. The molecule has 6 nitrogen and oxygen atoms in total. The van der Waals surface area contributed by atoms with Gasteiger partial charge < -0.3 is 9.73 Å². The van der Waals surface area contributed by atoms with Crippen molar-refractivity contribution >= 4 is 23.2 Å². The molecule has 0 unspecified atom stereocenters. The number of aromatic nitrogens is 1. The summed E-state index contributed by atoms with van der Waals surface area (Å²) in [5.74, 6) is 1.48. The van der Waals surface area contributed by atoms with Crippen LogP contribution in [0.15, 0.2) is 89.3 Å². The second-order valence-electron chi connectivity index (χ2n) is 8.62. The molecule has 1 fully saturated rings. The average Bonchev–Trinajstić information content (AvgIpc) is 3.31. The van der Waals surface area contributed by atoms with Gasteiger partial charge in [0, 0.05) is 48.0 Å². The number of benzene rings is 3. The van der Waals surface area contributed by atoms with Gasteiger partial charge in [-0.15, -0.1) is 0 Å². The van der Waals surface area contributed by atoms with Crippen molar-refractivity contribution in [3.05, 3.63) is 95.8 Å². The molecule has 1 aliphatic rings. The van der Waals surface area contributed by atoms with E-state index in [0.717, 1.165) is 54.4 Å². The number of oxazole rings is 1. The summed E-state index contributed by atoms with van der Waals surface area (Å²) < 4.78 is 6.28. The molecule has 0 aliphatic carbocycles. The molecule has 1 saturated heterocycles. The first-order valence-electron chi connectivity index (χ1n) is 11.7. The highest BCUT2D eigenvalue weighted by atomic mass is 35.5. The van der Waals surface area contributed by atoms with Crippen LogP contribution in [0.5, 0.6) is 0 Å². The molecule has 1 amide bonds. The van der Waals surface area contributed by atoms with Crippen LogP contribution in [0.2, 0.25) is 5.02 Å².